The van der Waals surface area contributed by atoms with Gasteiger partial charge in [-0.05, 0) is 52.2 Å². The maximum absolute atomic E-state index is 13.4. The Bertz CT molecular complexity index is 1160. The zero-order chi connectivity index (χ0) is 22.4. The molecular weight excluding hydrogens is 424 g/mol. The average Bonchev–Trinajstić information content (AvgIpc) is 2.78. The van der Waals surface area contributed by atoms with E-state index in [4.69, 9.17) is 0 Å². The minimum Gasteiger partial charge on any atom is -0.271 e. The second-order valence-corrected chi connectivity index (χ2v) is 11.8. The van der Waals surface area contributed by atoms with Crippen LogP contribution >= 0.6 is 0 Å². The fourth-order valence-corrected chi connectivity index (χ4v) is 8.06. The molecule has 0 atom stereocenters. The number of benzene rings is 1. The van der Waals surface area contributed by atoms with E-state index in [1.54, 1.807) is 39.4 Å². The molecule has 0 spiro atoms. The molecule has 1 saturated heterocycles. The minimum absolute atomic E-state index is 0.110. The van der Waals surface area contributed by atoms with Gasteiger partial charge in [-0.15, -0.1) is 0 Å². The molecule has 1 fully saturated rings. The van der Waals surface area contributed by atoms with Crippen LogP contribution in [-0.2, 0) is 27.1 Å². The van der Waals surface area contributed by atoms with Gasteiger partial charge in [-0.2, -0.15) is 13.7 Å². The third kappa shape index (κ3) is 3.93. The second kappa shape index (κ2) is 8.07. The third-order valence-corrected chi connectivity index (χ3v) is 10.0. The lowest BCUT2D eigenvalue weighted by Gasteiger charge is -2.23. The lowest BCUT2D eigenvalue weighted by atomic mass is 10.1. The molecule has 2 aromatic rings. The molecule has 30 heavy (non-hydrogen) atoms. The van der Waals surface area contributed by atoms with Crippen LogP contribution in [-0.4, -0.2) is 61.4 Å². The highest BCUT2D eigenvalue weighted by atomic mass is 32.2. The van der Waals surface area contributed by atoms with Crippen molar-refractivity contribution in [2.75, 3.05) is 26.2 Å². The Balaban J connectivity index is 1.90. The Labute approximate surface area is 179 Å². The van der Waals surface area contributed by atoms with Gasteiger partial charge < -0.3 is 0 Å². The van der Waals surface area contributed by atoms with E-state index in [0.29, 0.717) is 33.8 Å². The van der Waals surface area contributed by atoms with E-state index < -0.39 is 20.0 Å². The molecule has 2 heterocycles. The standard InChI is InChI=1S/C20H30N4O4S2/c1-14-12-15(2)19(16(3)13-14)29(25,26)23-8-7-9-24(11-10-23)30(27,28)20-17(4)21-22(6)18(20)5/h12-13H,7-11H2,1-6H3. The number of nitrogens with zero attached hydrogens (tertiary/aromatic N) is 4. The maximum atomic E-state index is 13.4. The molecule has 0 unspecified atom stereocenters. The van der Waals surface area contributed by atoms with Crippen LogP contribution in [0.25, 0.3) is 0 Å². The summed E-state index contributed by atoms with van der Waals surface area (Å²) in [6, 6.07) is 3.73. The molecule has 1 aliphatic heterocycles. The molecule has 0 N–H and O–H groups in total. The highest BCUT2D eigenvalue weighted by molar-refractivity contribution is 7.89. The van der Waals surface area contributed by atoms with Gasteiger partial charge in [0.25, 0.3) is 0 Å². The van der Waals surface area contributed by atoms with Crippen molar-refractivity contribution < 1.29 is 16.8 Å². The monoisotopic (exact) mass is 454 g/mol. The number of hydrogen-bond donors (Lipinski definition) is 0. The number of rotatable bonds is 4. The summed E-state index contributed by atoms with van der Waals surface area (Å²) in [7, 11) is -5.75. The predicted molar refractivity (Wildman–Crippen MR) is 115 cm³/mol. The molecule has 1 aliphatic rings. The fraction of sp³-hybridized carbons (Fsp3) is 0.550. The van der Waals surface area contributed by atoms with Crippen LogP contribution in [0.2, 0.25) is 0 Å². The van der Waals surface area contributed by atoms with Gasteiger partial charge in [0.15, 0.2) is 0 Å². The van der Waals surface area contributed by atoms with Crippen molar-refractivity contribution in [2.24, 2.45) is 7.05 Å². The van der Waals surface area contributed by atoms with Gasteiger partial charge in [0, 0.05) is 33.2 Å². The van der Waals surface area contributed by atoms with Crippen LogP contribution in [0.15, 0.2) is 21.9 Å². The number of hydrogen-bond acceptors (Lipinski definition) is 5. The average molecular weight is 455 g/mol. The van der Waals surface area contributed by atoms with Crippen LogP contribution in [0, 0.1) is 34.6 Å². The van der Waals surface area contributed by atoms with Crippen molar-refractivity contribution in [2.45, 2.75) is 50.8 Å². The number of aryl methyl sites for hydroxylation is 5. The van der Waals surface area contributed by atoms with Crippen molar-refractivity contribution >= 4 is 20.0 Å². The van der Waals surface area contributed by atoms with Crippen molar-refractivity contribution in [3.05, 3.63) is 40.2 Å². The highest BCUT2D eigenvalue weighted by Crippen LogP contribution is 2.28. The fourth-order valence-electron chi connectivity index (χ4n) is 4.31. The van der Waals surface area contributed by atoms with Gasteiger partial charge in [0.2, 0.25) is 20.0 Å². The largest absolute Gasteiger partial charge is 0.271 e. The van der Waals surface area contributed by atoms with Crippen LogP contribution < -0.4 is 0 Å². The Morgan fingerprint density at radius 1 is 0.767 bits per heavy atom. The predicted octanol–water partition coefficient (Wildman–Crippen LogP) is 2.05. The van der Waals surface area contributed by atoms with Crippen LogP contribution in [0.5, 0.6) is 0 Å². The van der Waals surface area contributed by atoms with Gasteiger partial charge >= 0.3 is 0 Å². The molecule has 3 rings (SSSR count). The SMILES string of the molecule is Cc1cc(C)c(S(=O)(=O)N2CCCN(S(=O)(=O)c3c(C)nn(C)c3C)CC2)c(C)c1. The summed E-state index contributed by atoms with van der Waals surface area (Å²) < 4.78 is 57.6. The van der Waals surface area contributed by atoms with Crippen molar-refractivity contribution in [3.8, 4) is 0 Å². The Kier molecular flexibility index (Phi) is 6.16. The molecule has 10 heteroatoms. The molecule has 1 aromatic carbocycles. The first-order chi connectivity index (χ1) is 13.9. The zero-order valence-corrected chi connectivity index (χ0v) is 20.1. The highest BCUT2D eigenvalue weighted by Gasteiger charge is 2.35. The number of sulfonamides is 2. The van der Waals surface area contributed by atoms with Gasteiger partial charge in [-0.25, -0.2) is 16.8 Å². The van der Waals surface area contributed by atoms with Gasteiger partial charge in [0.1, 0.15) is 4.90 Å². The van der Waals surface area contributed by atoms with E-state index in [1.165, 1.54) is 8.61 Å². The summed E-state index contributed by atoms with van der Waals surface area (Å²) >= 11 is 0. The lowest BCUT2D eigenvalue weighted by Crippen LogP contribution is -2.38. The smallest absolute Gasteiger partial charge is 0.246 e. The zero-order valence-electron chi connectivity index (χ0n) is 18.4. The topological polar surface area (TPSA) is 92.6 Å². The van der Waals surface area contributed by atoms with E-state index in [9.17, 15) is 16.8 Å². The molecule has 0 saturated carbocycles. The molecule has 166 valence electrons. The van der Waals surface area contributed by atoms with E-state index in [-0.39, 0.29) is 31.1 Å². The molecular formula is C20H30N4O4S2. The first-order valence-electron chi connectivity index (χ1n) is 9.95. The summed E-state index contributed by atoms with van der Waals surface area (Å²) in [6.07, 6.45) is 0.431. The van der Waals surface area contributed by atoms with E-state index >= 15 is 0 Å². The van der Waals surface area contributed by atoms with Crippen molar-refractivity contribution in [1.82, 2.24) is 18.4 Å². The van der Waals surface area contributed by atoms with E-state index in [0.717, 1.165) is 5.56 Å². The summed E-state index contributed by atoms with van der Waals surface area (Å²) in [5.74, 6) is 0. The van der Waals surface area contributed by atoms with E-state index in [2.05, 4.69) is 5.10 Å². The van der Waals surface area contributed by atoms with Crippen LogP contribution in [0.1, 0.15) is 34.5 Å². The minimum atomic E-state index is -3.75. The molecule has 0 amide bonds. The number of aromatic nitrogens is 2. The van der Waals surface area contributed by atoms with Gasteiger partial charge in [-0.3, -0.25) is 4.68 Å². The summed E-state index contributed by atoms with van der Waals surface area (Å²) in [5, 5.41) is 4.22. The molecule has 0 aliphatic carbocycles. The Morgan fingerprint density at radius 3 is 1.67 bits per heavy atom. The van der Waals surface area contributed by atoms with E-state index in [1.807, 2.05) is 19.1 Å². The Hall–Kier alpha value is -1.75. The molecule has 0 radical (unpaired) electrons. The van der Waals surface area contributed by atoms with Crippen LogP contribution in [0.4, 0.5) is 0 Å². The first kappa shape index (κ1) is 22.9. The van der Waals surface area contributed by atoms with Crippen molar-refractivity contribution in [3.63, 3.8) is 0 Å². The molecule has 0 bridgehead atoms. The summed E-state index contributed by atoms with van der Waals surface area (Å²) in [5.41, 5.74) is 3.46. The lowest BCUT2D eigenvalue weighted by molar-refractivity contribution is 0.404. The summed E-state index contributed by atoms with van der Waals surface area (Å²) in [6.45, 7) is 9.73. The molecule has 8 nitrogen and oxygen atoms in total. The van der Waals surface area contributed by atoms with Gasteiger partial charge in [0.05, 0.1) is 16.3 Å². The Morgan fingerprint density at radius 2 is 1.23 bits per heavy atom. The quantitative estimate of drug-likeness (QED) is 0.705. The second-order valence-electron chi connectivity index (χ2n) is 8.01. The third-order valence-electron chi connectivity index (χ3n) is 5.66. The molecule has 1 aromatic heterocycles. The van der Waals surface area contributed by atoms with Crippen LogP contribution in [0.3, 0.4) is 0 Å². The van der Waals surface area contributed by atoms with Crippen molar-refractivity contribution in [1.29, 1.82) is 0 Å². The first-order valence-corrected chi connectivity index (χ1v) is 12.8. The summed E-state index contributed by atoms with van der Waals surface area (Å²) in [4.78, 5) is 0.537. The normalized spacial score (nSPS) is 17.3. The van der Waals surface area contributed by atoms with Gasteiger partial charge in [-0.1, -0.05) is 17.7 Å². The maximum Gasteiger partial charge on any atom is 0.246 e.